The number of hydrogen-bond acceptors (Lipinski definition) is 4. The smallest absolute Gasteiger partial charge is 0.344 e. The Labute approximate surface area is 155 Å². The van der Waals surface area contributed by atoms with E-state index in [2.05, 4.69) is 5.32 Å². The highest BCUT2D eigenvalue weighted by atomic mass is 35.5. The second kappa shape index (κ2) is 9.30. The average molecular weight is 382 g/mol. The standard InChI is InChI=1S/C18H17Cl2NO4/c1-12(15-7-2-3-8-16(15)20)21-17(22)10-25-18(23)11-24-14-6-4-5-13(19)9-14/h2-9,12H,10-11H2,1H3,(H,21,22)/t12-/m1/s1. The third-order valence-corrected chi connectivity index (χ3v) is 3.85. The molecule has 7 heteroatoms. The van der Waals surface area contributed by atoms with Crippen LogP contribution >= 0.6 is 23.2 Å². The molecule has 0 aliphatic heterocycles. The van der Waals surface area contributed by atoms with Crippen molar-refractivity contribution in [1.82, 2.24) is 5.32 Å². The first kappa shape index (κ1) is 19.1. The van der Waals surface area contributed by atoms with Gasteiger partial charge in [0.25, 0.3) is 5.91 Å². The minimum atomic E-state index is -0.652. The van der Waals surface area contributed by atoms with Gasteiger partial charge < -0.3 is 14.8 Å². The molecule has 2 aromatic rings. The Morgan fingerprint density at radius 2 is 1.84 bits per heavy atom. The number of esters is 1. The monoisotopic (exact) mass is 381 g/mol. The van der Waals surface area contributed by atoms with Crippen LogP contribution < -0.4 is 10.1 Å². The van der Waals surface area contributed by atoms with Crippen molar-refractivity contribution < 1.29 is 19.1 Å². The average Bonchev–Trinajstić information content (AvgIpc) is 2.58. The highest BCUT2D eigenvalue weighted by Gasteiger charge is 2.14. The van der Waals surface area contributed by atoms with Crippen LogP contribution in [0.15, 0.2) is 48.5 Å². The third-order valence-electron chi connectivity index (χ3n) is 3.27. The van der Waals surface area contributed by atoms with Gasteiger partial charge in [-0.05, 0) is 36.8 Å². The van der Waals surface area contributed by atoms with E-state index >= 15 is 0 Å². The molecule has 0 spiro atoms. The van der Waals surface area contributed by atoms with Crippen molar-refractivity contribution >= 4 is 35.1 Å². The van der Waals surface area contributed by atoms with Gasteiger partial charge in [-0.2, -0.15) is 0 Å². The van der Waals surface area contributed by atoms with E-state index in [-0.39, 0.29) is 12.6 Å². The minimum absolute atomic E-state index is 0.303. The topological polar surface area (TPSA) is 64.6 Å². The van der Waals surface area contributed by atoms with E-state index in [0.717, 1.165) is 5.56 Å². The van der Waals surface area contributed by atoms with Crippen LogP contribution in [0.5, 0.6) is 5.75 Å². The van der Waals surface area contributed by atoms with Crippen LogP contribution in [-0.4, -0.2) is 25.1 Å². The van der Waals surface area contributed by atoms with Gasteiger partial charge in [-0.3, -0.25) is 4.79 Å². The summed E-state index contributed by atoms with van der Waals surface area (Å²) in [6, 6.07) is 13.5. The molecule has 1 N–H and O–H groups in total. The van der Waals surface area contributed by atoms with Crippen LogP contribution in [0.3, 0.4) is 0 Å². The maximum atomic E-state index is 11.9. The number of hydrogen-bond donors (Lipinski definition) is 1. The Morgan fingerprint density at radius 1 is 1.08 bits per heavy atom. The van der Waals surface area contributed by atoms with Crippen molar-refractivity contribution in [3.63, 3.8) is 0 Å². The summed E-state index contributed by atoms with van der Waals surface area (Å²) in [6.45, 7) is 1.09. The molecule has 0 bridgehead atoms. The van der Waals surface area contributed by atoms with Gasteiger partial charge in [-0.25, -0.2) is 4.79 Å². The zero-order valence-corrected chi connectivity index (χ0v) is 15.0. The summed E-state index contributed by atoms with van der Waals surface area (Å²) < 4.78 is 10.1. The number of benzene rings is 2. The van der Waals surface area contributed by atoms with Crippen molar-refractivity contribution in [2.75, 3.05) is 13.2 Å². The number of carbonyl (C=O) groups is 2. The van der Waals surface area contributed by atoms with E-state index in [0.29, 0.717) is 15.8 Å². The largest absolute Gasteiger partial charge is 0.482 e. The lowest BCUT2D eigenvalue weighted by molar-refractivity contribution is -0.150. The molecule has 0 fully saturated rings. The lowest BCUT2D eigenvalue weighted by Gasteiger charge is -2.15. The van der Waals surface area contributed by atoms with E-state index in [1.165, 1.54) is 0 Å². The molecule has 0 radical (unpaired) electrons. The zero-order valence-electron chi connectivity index (χ0n) is 13.5. The Hall–Kier alpha value is -2.24. The number of carbonyl (C=O) groups excluding carboxylic acids is 2. The van der Waals surface area contributed by atoms with Crippen LogP contribution in [0.4, 0.5) is 0 Å². The van der Waals surface area contributed by atoms with Crippen LogP contribution in [0, 0.1) is 0 Å². The molecule has 0 saturated carbocycles. The third kappa shape index (κ3) is 6.29. The fraction of sp³-hybridized carbons (Fsp3) is 0.222. The summed E-state index contributed by atoms with van der Waals surface area (Å²) in [5, 5.41) is 3.77. The fourth-order valence-electron chi connectivity index (χ4n) is 2.07. The van der Waals surface area contributed by atoms with Gasteiger partial charge in [0, 0.05) is 10.0 Å². The highest BCUT2D eigenvalue weighted by Crippen LogP contribution is 2.22. The van der Waals surface area contributed by atoms with E-state index in [4.69, 9.17) is 32.7 Å². The maximum absolute atomic E-state index is 11.9. The molecular formula is C18H17Cl2NO4. The van der Waals surface area contributed by atoms with Crippen molar-refractivity contribution in [2.24, 2.45) is 0 Å². The molecule has 2 aromatic carbocycles. The van der Waals surface area contributed by atoms with Gasteiger partial charge in [-0.1, -0.05) is 47.5 Å². The molecule has 0 aromatic heterocycles. The number of amides is 1. The van der Waals surface area contributed by atoms with Gasteiger partial charge in [0.1, 0.15) is 5.75 Å². The molecule has 0 unspecified atom stereocenters. The summed E-state index contributed by atoms with van der Waals surface area (Å²) in [4.78, 5) is 23.5. The first-order valence-corrected chi connectivity index (χ1v) is 8.29. The molecule has 0 heterocycles. The predicted molar refractivity (Wildman–Crippen MR) is 95.9 cm³/mol. The molecule has 25 heavy (non-hydrogen) atoms. The molecular weight excluding hydrogens is 365 g/mol. The van der Waals surface area contributed by atoms with Crippen molar-refractivity contribution in [2.45, 2.75) is 13.0 Å². The molecule has 0 aliphatic carbocycles. The molecule has 0 aliphatic rings. The van der Waals surface area contributed by atoms with Crippen LogP contribution in [0.2, 0.25) is 10.0 Å². The van der Waals surface area contributed by atoms with Gasteiger partial charge in [0.05, 0.1) is 6.04 Å². The first-order valence-electron chi connectivity index (χ1n) is 7.53. The number of halogens is 2. The second-order valence-electron chi connectivity index (χ2n) is 5.22. The van der Waals surface area contributed by atoms with Crippen LogP contribution in [-0.2, 0) is 14.3 Å². The Kier molecular flexibility index (Phi) is 7.10. The van der Waals surface area contributed by atoms with Crippen LogP contribution in [0.1, 0.15) is 18.5 Å². The second-order valence-corrected chi connectivity index (χ2v) is 6.06. The van der Waals surface area contributed by atoms with E-state index in [9.17, 15) is 9.59 Å². The van der Waals surface area contributed by atoms with Gasteiger partial charge in [0.15, 0.2) is 13.2 Å². The quantitative estimate of drug-likeness (QED) is 0.740. The Balaban J connectivity index is 1.74. The van der Waals surface area contributed by atoms with Gasteiger partial charge in [0.2, 0.25) is 0 Å². The summed E-state index contributed by atoms with van der Waals surface area (Å²) in [7, 11) is 0. The molecule has 132 valence electrons. The number of rotatable bonds is 7. The highest BCUT2D eigenvalue weighted by molar-refractivity contribution is 6.31. The lowest BCUT2D eigenvalue weighted by atomic mass is 10.1. The summed E-state index contributed by atoms with van der Waals surface area (Å²) in [5.74, 6) is -0.634. The normalized spacial score (nSPS) is 11.5. The minimum Gasteiger partial charge on any atom is -0.482 e. The number of ether oxygens (including phenoxy) is 2. The zero-order chi connectivity index (χ0) is 18.2. The predicted octanol–water partition coefficient (Wildman–Crippen LogP) is 3.79. The van der Waals surface area contributed by atoms with Crippen LogP contribution in [0.25, 0.3) is 0 Å². The summed E-state index contributed by atoms with van der Waals surface area (Å²) in [5.41, 5.74) is 0.785. The first-order chi connectivity index (χ1) is 12.0. The van der Waals surface area contributed by atoms with E-state index in [1.54, 1.807) is 37.3 Å². The van der Waals surface area contributed by atoms with E-state index < -0.39 is 18.5 Å². The van der Waals surface area contributed by atoms with Crippen molar-refractivity contribution in [3.05, 3.63) is 64.1 Å². The lowest BCUT2D eigenvalue weighted by Crippen LogP contribution is -2.32. The molecule has 0 saturated heterocycles. The molecule has 2 rings (SSSR count). The summed E-state index contributed by atoms with van der Waals surface area (Å²) >= 11 is 11.9. The van der Waals surface area contributed by atoms with Gasteiger partial charge >= 0.3 is 5.97 Å². The molecule has 5 nitrogen and oxygen atoms in total. The summed E-state index contributed by atoms with van der Waals surface area (Å²) in [6.07, 6.45) is 0. The molecule has 1 amide bonds. The number of nitrogens with one attached hydrogen (secondary N) is 1. The van der Waals surface area contributed by atoms with E-state index in [1.807, 2.05) is 18.2 Å². The Morgan fingerprint density at radius 3 is 2.56 bits per heavy atom. The maximum Gasteiger partial charge on any atom is 0.344 e. The van der Waals surface area contributed by atoms with Crippen molar-refractivity contribution in [3.8, 4) is 5.75 Å². The molecule has 1 atom stereocenters. The fourth-order valence-corrected chi connectivity index (χ4v) is 2.55. The Bertz CT molecular complexity index is 751. The van der Waals surface area contributed by atoms with Gasteiger partial charge in [-0.15, -0.1) is 0 Å². The SMILES string of the molecule is C[C@@H](NC(=O)COC(=O)COc1cccc(Cl)c1)c1ccccc1Cl. The van der Waals surface area contributed by atoms with Crippen molar-refractivity contribution in [1.29, 1.82) is 0 Å².